The number of hydrogen-bond acceptors (Lipinski definition) is 4. The van der Waals surface area contributed by atoms with Crippen molar-refractivity contribution in [3.63, 3.8) is 0 Å². The molecule has 1 saturated heterocycles. The molecule has 1 amide bonds. The lowest BCUT2D eigenvalue weighted by molar-refractivity contribution is 0.0549. The minimum atomic E-state index is -0.0669. The maximum atomic E-state index is 12.7. The van der Waals surface area contributed by atoms with Crippen LogP contribution in [0, 0.1) is 6.92 Å². The van der Waals surface area contributed by atoms with Crippen LogP contribution in [0.3, 0.4) is 0 Å². The first-order valence-corrected chi connectivity index (χ1v) is 8.52. The lowest BCUT2D eigenvalue weighted by Crippen LogP contribution is -2.36. The zero-order chi connectivity index (χ0) is 17.1. The Hall–Kier alpha value is -2.15. The molecule has 24 heavy (non-hydrogen) atoms. The highest BCUT2D eigenvalue weighted by Gasteiger charge is 2.34. The summed E-state index contributed by atoms with van der Waals surface area (Å²) in [6, 6.07) is 1.86. The maximum absolute atomic E-state index is 12.7. The first-order chi connectivity index (χ1) is 11.6. The molecule has 0 radical (unpaired) electrons. The summed E-state index contributed by atoms with van der Waals surface area (Å²) in [5.41, 5.74) is 1.76. The second kappa shape index (κ2) is 7.17. The number of hydrogen-bond donors (Lipinski definition) is 2. The van der Waals surface area contributed by atoms with Gasteiger partial charge in [-0.15, -0.1) is 0 Å². The van der Waals surface area contributed by atoms with Crippen LogP contribution in [-0.4, -0.2) is 57.3 Å². The van der Waals surface area contributed by atoms with Gasteiger partial charge in [0.2, 0.25) is 0 Å². The van der Waals surface area contributed by atoms with Gasteiger partial charge >= 0.3 is 0 Å². The quantitative estimate of drug-likeness (QED) is 0.848. The number of rotatable bonds is 6. The minimum absolute atomic E-state index is 0.0279. The van der Waals surface area contributed by atoms with Crippen LogP contribution in [0.2, 0.25) is 0 Å². The average molecular weight is 331 g/mol. The topological polar surface area (TPSA) is 86.9 Å². The summed E-state index contributed by atoms with van der Waals surface area (Å²) in [5, 5.41) is 7.15. The number of carbonyl (C=O) groups excluding carboxylic acids is 1. The lowest BCUT2D eigenvalue weighted by Gasteiger charge is -2.24. The van der Waals surface area contributed by atoms with Crippen LogP contribution < -0.4 is 0 Å². The SMILES string of the molecule is CCCc1[nH]ccc1C(=O)N(C)C[C@H]1OCC[C@H]1c1n[nH]c(C)n1. The molecule has 0 unspecified atom stereocenters. The van der Waals surface area contributed by atoms with E-state index in [1.165, 1.54) is 0 Å². The summed E-state index contributed by atoms with van der Waals surface area (Å²) in [7, 11) is 1.83. The molecule has 2 atom stereocenters. The van der Waals surface area contributed by atoms with Gasteiger partial charge in [0, 0.05) is 32.1 Å². The van der Waals surface area contributed by atoms with Crippen LogP contribution >= 0.6 is 0 Å². The highest BCUT2D eigenvalue weighted by atomic mass is 16.5. The van der Waals surface area contributed by atoms with Gasteiger partial charge in [0.05, 0.1) is 17.6 Å². The molecule has 0 aromatic carbocycles. The second-order valence-corrected chi connectivity index (χ2v) is 6.39. The highest BCUT2D eigenvalue weighted by Crippen LogP contribution is 2.29. The maximum Gasteiger partial charge on any atom is 0.255 e. The predicted molar refractivity (Wildman–Crippen MR) is 90.0 cm³/mol. The zero-order valence-electron chi connectivity index (χ0n) is 14.5. The third-order valence-corrected chi connectivity index (χ3v) is 4.52. The fourth-order valence-corrected chi connectivity index (χ4v) is 3.27. The Morgan fingerprint density at radius 3 is 3.04 bits per heavy atom. The predicted octanol–water partition coefficient (Wildman–Crippen LogP) is 2.04. The van der Waals surface area contributed by atoms with Crippen LogP contribution in [0.5, 0.6) is 0 Å². The third-order valence-electron chi connectivity index (χ3n) is 4.52. The van der Waals surface area contributed by atoms with Gasteiger partial charge in [0.15, 0.2) is 5.82 Å². The van der Waals surface area contributed by atoms with Crippen molar-refractivity contribution in [2.45, 2.75) is 45.1 Å². The average Bonchev–Trinajstić information content (AvgIpc) is 3.28. The van der Waals surface area contributed by atoms with E-state index in [9.17, 15) is 4.79 Å². The van der Waals surface area contributed by atoms with Crippen LogP contribution in [0.4, 0.5) is 0 Å². The number of likely N-dealkylation sites (N-methyl/N-ethyl adjacent to an activating group) is 1. The summed E-state index contributed by atoms with van der Waals surface area (Å²) in [6.07, 6.45) is 4.53. The molecule has 2 N–H and O–H groups in total. The molecule has 7 heteroatoms. The number of H-pyrrole nitrogens is 2. The Morgan fingerprint density at radius 2 is 2.33 bits per heavy atom. The Kier molecular flexibility index (Phi) is 4.99. The van der Waals surface area contributed by atoms with E-state index < -0.39 is 0 Å². The fraction of sp³-hybridized carbons (Fsp3) is 0.588. The Morgan fingerprint density at radius 1 is 1.50 bits per heavy atom. The van der Waals surface area contributed by atoms with Crippen LogP contribution in [0.15, 0.2) is 12.3 Å². The molecule has 1 fully saturated rings. The number of nitrogens with one attached hydrogen (secondary N) is 2. The molecular weight excluding hydrogens is 306 g/mol. The number of amides is 1. The standard InChI is InChI=1S/C17H25N5O2/c1-4-5-14-12(6-8-18-14)17(23)22(3)10-15-13(7-9-24-15)16-19-11(2)20-21-16/h6,8,13,15,18H,4-5,7,9-10H2,1-3H3,(H,19,20,21)/t13-,15-/m1/s1. The monoisotopic (exact) mass is 331 g/mol. The van der Waals surface area contributed by atoms with Gasteiger partial charge in [-0.25, -0.2) is 4.98 Å². The number of nitrogens with zero attached hydrogens (tertiary/aromatic N) is 3. The number of aromatic amines is 2. The lowest BCUT2D eigenvalue weighted by atomic mass is 10.00. The minimum Gasteiger partial charge on any atom is -0.376 e. The van der Waals surface area contributed by atoms with Gasteiger partial charge in [-0.2, -0.15) is 5.10 Å². The second-order valence-electron chi connectivity index (χ2n) is 6.39. The smallest absolute Gasteiger partial charge is 0.255 e. The van der Waals surface area contributed by atoms with E-state index in [4.69, 9.17) is 4.74 Å². The van der Waals surface area contributed by atoms with Crippen LogP contribution in [0.1, 0.15) is 53.4 Å². The molecule has 1 aliphatic heterocycles. The van der Waals surface area contributed by atoms with Crippen molar-refractivity contribution in [2.75, 3.05) is 20.2 Å². The highest BCUT2D eigenvalue weighted by molar-refractivity contribution is 5.95. The summed E-state index contributed by atoms with van der Waals surface area (Å²) >= 11 is 0. The van der Waals surface area contributed by atoms with Gasteiger partial charge in [-0.1, -0.05) is 13.3 Å². The van der Waals surface area contributed by atoms with Crippen molar-refractivity contribution in [3.8, 4) is 0 Å². The summed E-state index contributed by atoms with van der Waals surface area (Å²) in [5.74, 6) is 1.74. The van der Waals surface area contributed by atoms with Crippen LogP contribution in [-0.2, 0) is 11.2 Å². The zero-order valence-corrected chi connectivity index (χ0v) is 14.5. The van der Waals surface area contributed by atoms with Crippen molar-refractivity contribution in [3.05, 3.63) is 35.2 Å². The van der Waals surface area contributed by atoms with E-state index >= 15 is 0 Å². The van der Waals surface area contributed by atoms with E-state index in [-0.39, 0.29) is 17.9 Å². The van der Waals surface area contributed by atoms with Gasteiger partial charge in [0.1, 0.15) is 5.82 Å². The van der Waals surface area contributed by atoms with Crippen molar-refractivity contribution in [1.29, 1.82) is 0 Å². The van der Waals surface area contributed by atoms with Gasteiger partial charge < -0.3 is 14.6 Å². The van der Waals surface area contributed by atoms with Crippen LogP contribution in [0.25, 0.3) is 0 Å². The molecule has 3 heterocycles. The van der Waals surface area contributed by atoms with Crippen molar-refractivity contribution >= 4 is 5.91 Å². The van der Waals surface area contributed by atoms with E-state index in [0.29, 0.717) is 13.2 Å². The largest absolute Gasteiger partial charge is 0.376 e. The van der Waals surface area contributed by atoms with Crippen molar-refractivity contribution in [2.24, 2.45) is 0 Å². The first-order valence-electron chi connectivity index (χ1n) is 8.52. The molecule has 0 aliphatic carbocycles. The number of carbonyl (C=O) groups is 1. The number of aryl methyl sites for hydroxylation is 2. The van der Waals surface area contributed by atoms with Crippen molar-refractivity contribution < 1.29 is 9.53 Å². The molecule has 7 nitrogen and oxygen atoms in total. The molecule has 2 aromatic rings. The van der Waals surface area contributed by atoms with E-state index in [1.807, 2.05) is 26.2 Å². The van der Waals surface area contributed by atoms with Gasteiger partial charge in [0.25, 0.3) is 5.91 Å². The van der Waals surface area contributed by atoms with E-state index in [0.717, 1.165) is 42.2 Å². The molecule has 3 rings (SSSR count). The fourth-order valence-electron chi connectivity index (χ4n) is 3.27. The summed E-state index contributed by atoms with van der Waals surface area (Å²) in [4.78, 5) is 22.1. The molecule has 0 bridgehead atoms. The summed E-state index contributed by atoms with van der Waals surface area (Å²) < 4.78 is 5.85. The normalized spacial score (nSPS) is 20.5. The Balaban J connectivity index is 1.68. The summed E-state index contributed by atoms with van der Waals surface area (Å²) in [6.45, 7) is 5.21. The molecule has 0 saturated carbocycles. The molecule has 0 spiro atoms. The molecule has 2 aromatic heterocycles. The molecular formula is C17H25N5O2. The number of aromatic nitrogens is 4. The Bertz CT molecular complexity index is 693. The first kappa shape index (κ1) is 16.7. The van der Waals surface area contributed by atoms with Gasteiger partial charge in [-0.3, -0.25) is 9.89 Å². The van der Waals surface area contributed by atoms with Crippen molar-refractivity contribution in [1.82, 2.24) is 25.1 Å². The molecule has 1 aliphatic rings. The Labute approximate surface area is 141 Å². The molecule has 130 valence electrons. The van der Waals surface area contributed by atoms with E-state index in [2.05, 4.69) is 27.1 Å². The van der Waals surface area contributed by atoms with E-state index in [1.54, 1.807) is 4.90 Å². The van der Waals surface area contributed by atoms with Gasteiger partial charge in [-0.05, 0) is 25.8 Å². The number of ether oxygens (including phenoxy) is 1. The third kappa shape index (κ3) is 3.36.